The Hall–Kier alpha value is -2.22. The topological polar surface area (TPSA) is 69.8 Å². The van der Waals surface area contributed by atoms with Crippen LogP contribution >= 0.6 is 11.6 Å². The fourth-order valence-electron chi connectivity index (χ4n) is 3.98. The molecule has 0 unspecified atom stereocenters. The van der Waals surface area contributed by atoms with E-state index in [1.165, 1.54) is 30.7 Å². The molecular weight excluding hydrogens is 417 g/mol. The molecule has 0 atom stereocenters. The molecule has 1 aromatic heterocycles. The molecule has 0 saturated heterocycles. The first-order chi connectivity index (χ1) is 14.3. The Labute approximate surface area is 177 Å². The van der Waals surface area contributed by atoms with E-state index >= 15 is 0 Å². The quantitative estimate of drug-likeness (QED) is 0.566. The monoisotopic (exact) mass is 440 g/mol. The maximum Gasteiger partial charge on any atom is 0.417 e. The van der Waals surface area contributed by atoms with E-state index in [0.29, 0.717) is 11.8 Å². The van der Waals surface area contributed by atoms with E-state index in [1.807, 2.05) is 0 Å². The second-order valence-corrected chi connectivity index (χ2v) is 8.60. The van der Waals surface area contributed by atoms with Gasteiger partial charge in [0.15, 0.2) is 0 Å². The second kappa shape index (κ2) is 8.49. The van der Waals surface area contributed by atoms with Crippen molar-refractivity contribution in [1.82, 2.24) is 15.5 Å². The molecule has 0 bridgehead atoms. The standard InChI is InChI=1S/C21H24ClF3N4O/c22-19-15(2-1-3-16(19)21(23,24)25)20(30)27-14-8-4-12(5-9-14)11-26-18-10-17(28-29-18)13-6-7-13/h1-3,10,12-14H,4-9,11H2,(H,27,30)(H2,26,28,29). The number of halogens is 4. The number of carbonyl (C=O) groups excluding carboxylic acids is 1. The Morgan fingerprint density at radius 3 is 2.57 bits per heavy atom. The number of amides is 1. The highest BCUT2D eigenvalue weighted by atomic mass is 35.5. The van der Waals surface area contributed by atoms with Crippen LogP contribution in [-0.2, 0) is 6.18 Å². The predicted molar refractivity (Wildman–Crippen MR) is 109 cm³/mol. The third-order valence-corrected chi connectivity index (χ3v) is 6.32. The van der Waals surface area contributed by atoms with Crippen LogP contribution in [-0.4, -0.2) is 28.7 Å². The molecule has 2 aliphatic carbocycles. The number of alkyl halides is 3. The van der Waals surface area contributed by atoms with Crippen LogP contribution in [0.25, 0.3) is 0 Å². The van der Waals surface area contributed by atoms with Gasteiger partial charge in [-0.2, -0.15) is 18.3 Å². The molecule has 162 valence electrons. The van der Waals surface area contributed by atoms with Crippen molar-refractivity contribution in [2.75, 3.05) is 11.9 Å². The molecule has 0 spiro atoms. The molecule has 4 rings (SSSR count). The van der Waals surface area contributed by atoms with E-state index < -0.39 is 22.7 Å². The van der Waals surface area contributed by atoms with Crippen molar-refractivity contribution in [2.45, 2.75) is 56.7 Å². The molecule has 2 aromatic rings. The zero-order valence-electron chi connectivity index (χ0n) is 16.4. The van der Waals surface area contributed by atoms with Gasteiger partial charge in [-0.25, -0.2) is 0 Å². The second-order valence-electron chi connectivity index (χ2n) is 8.22. The fourth-order valence-corrected chi connectivity index (χ4v) is 4.30. The van der Waals surface area contributed by atoms with Gasteiger partial charge in [0.05, 0.1) is 16.1 Å². The smallest absolute Gasteiger partial charge is 0.368 e. The molecule has 1 aromatic carbocycles. The highest BCUT2D eigenvalue weighted by Gasteiger charge is 2.35. The summed E-state index contributed by atoms with van der Waals surface area (Å²) in [6.45, 7) is 0.815. The summed E-state index contributed by atoms with van der Waals surface area (Å²) in [7, 11) is 0. The summed E-state index contributed by atoms with van der Waals surface area (Å²) in [4.78, 5) is 12.5. The molecule has 1 heterocycles. The lowest BCUT2D eigenvalue weighted by molar-refractivity contribution is -0.137. The lowest BCUT2D eigenvalue weighted by atomic mass is 9.86. The summed E-state index contributed by atoms with van der Waals surface area (Å²) < 4.78 is 39.0. The van der Waals surface area contributed by atoms with E-state index in [-0.39, 0.29) is 11.6 Å². The lowest BCUT2D eigenvalue weighted by Gasteiger charge is -2.29. The van der Waals surface area contributed by atoms with Crippen molar-refractivity contribution in [3.8, 4) is 0 Å². The molecule has 2 aliphatic rings. The Morgan fingerprint density at radius 2 is 1.90 bits per heavy atom. The van der Waals surface area contributed by atoms with Crippen LogP contribution in [0.1, 0.15) is 66.1 Å². The number of aromatic amines is 1. The van der Waals surface area contributed by atoms with Gasteiger partial charge in [0.1, 0.15) is 5.82 Å². The third kappa shape index (κ3) is 4.91. The van der Waals surface area contributed by atoms with Gasteiger partial charge in [-0.3, -0.25) is 9.89 Å². The number of H-pyrrole nitrogens is 1. The van der Waals surface area contributed by atoms with E-state index in [1.54, 1.807) is 0 Å². The Balaban J connectivity index is 1.26. The molecule has 3 N–H and O–H groups in total. The molecule has 5 nitrogen and oxygen atoms in total. The van der Waals surface area contributed by atoms with Crippen LogP contribution < -0.4 is 10.6 Å². The van der Waals surface area contributed by atoms with Gasteiger partial charge in [0, 0.05) is 30.3 Å². The predicted octanol–water partition coefficient (Wildman–Crippen LogP) is 5.36. The van der Waals surface area contributed by atoms with Crippen molar-refractivity contribution >= 4 is 23.3 Å². The maximum atomic E-state index is 13.0. The van der Waals surface area contributed by atoms with Crippen LogP contribution in [0.2, 0.25) is 5.02 Å². The average Bonchev–Trinajstić information content (AvgIpc) is 3.45. The molecule has 1 amide bonds. The van der Waals surface area contributed by atoms with Crippen LogP contribution in [0.15, 0.2) is 24.3 Å². The van der Waals surface area contributed by atoms with Crippen LogP contribution in [0.5, 0.6) is 0 Å². The van der Waals surface area contributed by atoms with Gasteiger partial charge in [-0.1, -0.05) is 17.7 Å². The van der Waals surface area contributed by atoms with Crippen LogP contribution in [0.4, 0.5) is 19.0 Å². The maximum absolute atomic E-state index is 13.0. The first-order valence-electron chi connectivity index (χ1n) is 10.3. The number of hydrogen-bond acceptors (Lipinski definition) is 3. The first kappa shape index (κ1) is 21.0. The van der Waals surface area contributed by atoms with E-state index in [4.69, 9.17) is 11.6 Å². The summed E-state index contributed by atoms with van der Waals surface area (Å²) in [5, 5.41) is 13.0. The number of anilines is 1. The van der Waals surface area contributed by atoms with Crippen molar-refractivity contribution in [2.24, 2.45) is 5.92 Å². The Bertz CT molecular complexity index is 902. The Morgan fingerprint density at radius 1 is 1.17 bits per heavy atom. The average molecular weight is 441 g/mol. The summed E-state index contributed by atoms with van der Waals surface area (Å²) in [6.07, 6.45) is 1.27. The fraction of sp³-hybridized carbons (Fsp3) is 0.524. The van der Waals surface area contributed by atoms with Crippen LogP contribution in [0, 0.1) is 5.92 Å². The van der Waals surface area contributed by atoms with Crippen molar-refractivity contribution in [1.29, 1.82) is 0 Å². The first-order valence-corrected chi connectivity index (χ1v) is 10.6. The molecule has 2 saturated carbocycles. The highest BCUT2D eigenvalue weighted by molar-refractivity contribution is 6.34. The molecule has 0 radical (unpaired) electrons. The summed E-state index contributed by atoms with van der Waals surface area (Å²) in [6, 6.07) is 5.41. The van der Waals surface area contributed by atoms with Crippen LogP contribution in [0.3, 0.4) is 0 Å². The van der Waals surface area contributed by atoms with E-state index in [9.17, 15) is 18.0 Å². The van der Waals surface area contributed by atoms with Gasteiger partial charge in [0.2, 0.25) is 0 Å². The minimum Gasteiger partial charge on any atom is -0.368 e. The normalized spacial score (nSPS) is 22.0. The SMILES string of the molecule is O=C(NC1CCC(CNc2cc(C3CC3)[nH]n2)CC1)c1cccc(C(F)(F)F)c1Cl. The lowest BCUT2D eigenvalue weighted by Crippen LogP contribution is -2.38. The van der Waals surface area contributed by atoms with Crippen molar-refractivity contribution in [3.05, 3.63) is 46.1 Å². The summed E-state index contributed by atoms with van der Waals surface area (Å²) >= 11 is 5.86. The zero-order chi connectivity index (χ0) is 21.3. The number of nitrogens with zero attached hydrogens (tertiary/aromatic N) is 1. The number of carbonyl (C=O) groups is 1. The summed E-state index contributed by atoms with van der Waals surface area (Å²) in [5.41, 5.74) is 0.0623. The number of benzene rings is 1. The number of aromatic nitrogens is 2. The zero-order valence-corrected chi connectivity index (χ0v) is 17.1. The number of nitrogens with one attached hydrogen (secondary N) is 3. The van der Waals surface area contributed by atoms with Gasteiger partial charge < -0.3 is 10.6 Å². The molecule has 30 heavy (non-hydrogen) atoms. The molecular formula is C21H24ClF3N4O. The molecule has 9 heteroatoms. The van der Waals surface area contributed by atoms with Gasteiger partial charge in [0.25, 0.3) is 5.91 Å². The van der Waals surface area contributed by atoms with Gasteiger partial charge in [-0.05, 0) is 56.6 Å². The minimum atomic E-state index is -4.59. The number of hydrogen-bond donors (Lipinski definition) is 3. The number of rotatable bonds is 6. The van der Waals surface area contributed by atoms with E-state index in [0.717, 1.165) is 44.1 Å². The van der Waals surface area contributed by atoms with Gasteiger partial charge in [-0.15, -0.1) is 0 Å². The van der Waals surface area contributed by atoms with Crippen molar-refractivity contribution < 1.29 is 18.0 Å². The largest absolute Gasteiger partial charge is 0.417 e. The molecule has 2 fully saturated rings. The summed E-state index contributed by atoms with van der Waals surface area (Å²) in [5.74, 6) is 1.41. The van der Waals surface area contributed by atoms with E-state index in [2.05, 4.69) is 26.9 Å². The third-order valence-electron chi connectivity index (χ3n) is 5.92. The van der Waals surface area contributed by atoms with Crippen molar-refractivity contribution in [3.63, 3.8) is 0 Å². The minimum absolute atomic E-state index is 0.0637. The van der Waals surface area contributed by atoms with Gasteiger partial charge >= 0.3 is 6.18 Å². The Kier molecular flexibility index (Phi) is 5.95. The highest BCUT2D eigenvalue weighted by Crippen LogP contribution is 2.39. The molecule has 0 aliphatic heterocycles.